The molecule has 0 aromatic heterocycles. The van der Waals surface area contributed by atoms with Gasteiger partial charge in [0.15, 0.2) is 0 Å². The van der Waals surface area contributed by atoms with Gasteiger partial charge >= 0.3 is 0 Å². The molecular formula is C15H16FNOS. The second-order valence-corrected chi connectivity index (χ2v) is 5.75. The summed E-state index contributed by atoms with van der Waals surface area (Å²) in [7, 11) is -1.02. The number of nitrogens with one attached hydrogen (secondary N) is 1. The zero-order chi connectivity index (χ0) is 13.8. The summed E-state index contributed by atoms with van der Waals surface area (Å²) in [5.41, 5.74) is 1.45. The van der Waals surface area contributed by atoms with Crippen LogP contribution in [0.15, 0.2) is 53.4 Å². The highest BCUT2D eigenvalue weighted by Crippen LogP contribution is 2.22. The van der Waals surface area contributed by atoms with Gasteiger partial charge in [-0.3, -0.25) is 4.21 Å². The molecule has 4 heteroatoms. The Bertz CT molecular complexity index is 600. The number of hydrogen-bond acceptors (Lipinski definition) is 2. The molecule has 2 atom stereocenters. The van der Waals surface area contributed by atoms with Crippen LogP contribution in [0, 0.1) is 5.82 Å². The lowest BCUT2D eigenvalue weighted by molar-refractivity contribution is 0.600. The van der Waals surface area contributed by atoms with Crippen molar-refractivity contribution in [3.8, 4) is 0 Å². The Hall–Kier alpha value is -1.68. The lowest BCUT2D eigenvalue weighted by Gasteiger charge is -2.16. The Morgan fingerprint density at radius 3 is 2.58 bits per heavy atom. The molecule has 0 fully saturated rings. The Morgan fingerprint density at radius 2 is 1.89 bits per heavy atom. The van der Waals surface area contributed by atoms with E-state index in [0.717, 1.165) is 10.6 Å². The molecule has 2 nitrogen and oxygen atoms in total. The maximum absolute atomic E-state index is 13.7. The molecule has 0 radical (unpaired) electrons. The number of hydrogen-bond donors (Lipinski definition) is 1. The molecule has 0 spiro atoms. The first-order chi connectivity index (χ1) is 9.08. The Morgan fingerprint density at radius 1 is 1.16 bits per heavy atom. The Kier molecular flexibility index (Phi) is 4.32. The molecule has 0 saturated carbocycles. The van der Waals surface area contributed by atoms with Gasteiger partial charge in [0, 0.05) is 33.2 Å². The second-order valence-electron chi connectivity index (χ2n) is 4.37. The lowest BCUT2D eigenvalue weighted by Crippen LogP contribution is -2.08. The molecular weight excluding hydrogens is 261 g/mol. The van der Waals surface area contributed by atoms with E-state index >= 15 is 0 Å². The van der Waals surface area contributed by atoms with Crippen LogP contribution in [0.1, 0.15) is 18.5 Å². The molecule has 0 amide bonds. The fourth-order valence-electron chi connectivity index (χ4n) is 1.92. The summed E-state index contributed by atoms with van der Waals surface area (Å²) in [5, 5.41) is 3.22. The molecule has 2 rings (SSSR count). The van der Waals surface area contributed by atoms with Crippen molar-refractivity contribution in [2.75, 3.05) is 11.6 Å². The Labute approximate surface area is 115 Å². The molecule has 19 heavy (non-hydrogen) atoms. The van der Waals surface area contributed by atoms with Crippen molar-refractivity contribution in [3.05, 3.63) is 59.9 Å². The molecule has 0 bridgehead atoms. The zero-order valence-electron chi connectivity index (χ0n) is 10.9. The maximum atomic E-state index is 13.7. The zero-order valence-corrected chi connectivity index (χ0v) is 11.7. The van der Waals surface area contributed by atoms with E-state index in [9.17, 15) is 8.60 Å². The van der Waals surface area contributed by atoms with Crippen LogP contribution in [0.4, 0.5) is 10.1 Å². The van der Waals surface area contributed by atoms with Crippen LogP contribution in [0.5, 0.6) is 0 Å². The lowest BCUT2D eigenvalue weighted by atomic mass is 10.1. The topological polar surface area (TPSA) is 29.1 Å². The highest BCUT2D eigenvalue weighted by molar-refractivity contribution is 7.84. The van der Waals surface area contributed by atoms with Crippen molar-refractivity contribution in [1.29, 1.82) is 0 Å². The van der Waals surface area contributed by atoms with Crippen LogP contribution in [-0.2, 0) is 10.8 Å². The van der Waals surface area contributed by atoms with Crippen molar-refractivity contribution in [1.82, 2.24) is 0 Å². The molecule has 1 N–H and O–H groups in total. The van der Waals surface area contributed by atoms with Gasteiger partial charge in [-0.1, -0.05) is 24.3 Å². The molecule has 0 heterocycles. The van der Waals surface area contributed by atoms with E-state index in [1.165, 1.54) is 6.07 Å². The average molecular weight is 277 g/mol. The van der Waals surface area contributed by atoms with E-state index < -0.39 is 10.8 Å². The third kappa shape index (κ3) is 3.41. The summed E-state index contributed by atoms with van der Waals surface area (Å²) < 4.78 is 25.1. The fourth-order valence-corrected chi connectivity index (χ4v) is 2.48. The first-order valence-electron chi connectivity index (χ1n) is 6.02. The fraction of sp³-hybridized carbons (Fsp3) is 0.200. The minimum atomic E-state index is -1.02. The van der Waals surface area contributed by atoms with E-state index in [1.54, 1.807) is 18.4 Å². The van der Waals surface area contributed by atoms with E-state index in [4.69, 9.17) is 0 Å². The van der Waals surface area contributed by atoms with Gasteiger partial charge in [-0.2, -0.15) is 0 Å². The monoisotopic (exact) mass is 277 g/mol. The summed E-state index contributed by atoms with van der Waals surface area (Å²) in [5.74, 6) is -0.224. The molecule has 100 valence electrons. The van der Waals surface area contributed by atoms with Gasteiger partial charge in [0.05, 0.1) is 6.04 Å². The van der Waals surface area contributed by atoms with E-state index in [2.05, 4.69) is 5.32 Å². The van der Waals surface area contributed by atoms with Gasteiger partial charge < -0.3 is 5.32 Å². The SMILES string of the molecule is CC(Nc1cccc(S(C)=O)c1)c1ccccc1F. The second kappa shape index (κ2) is 5.97. The van der Waals surface area contributed by atoms with Crippen LogP contribution < -0.4 is 5.32 Å². The summed E-state index contributed by atoms with van der Waals surface area (Å²) in [6, 6.07) is 13.9. The summed E-state index contributed by atoms with van der Waals surface area (Å²) in [4.78, 5) is 0.755. The molecule has 0 saturated heterocycles. The van der Waals surface area contributed by atoms with Crippen LogP contribution >= 0.6 is 0 Å². The number of halogens is 1. The van der Waals surface area contributed by atoms with Crippen molar-refractivity contribution in [3.63, 3.8) is 0 Å². The summed E-state index contributed by atoms with van der Waals surface area (Å²) >= 11 is 0. The normalized spacial score (nSPS) is 13.8. The van der Waals surface area contributed by atoms with Crippen molar-refractivity contribution >= 4 is 16.5 Å². The first kappa shape index (κ1) is 13.7. The highest BCUT2D eigenvalue weighted by Gasteiger charge is 2.10. The first-order valence-corrected chi connectivity index (χ1v) is 7.58. The predicted molar refractivity (Wildman–Crippen MR) is 77.2 cm³/mol. The average Bonchev–Trinajstić information content (AvgIpc) is 2.39. The quantitative estimate of drug-likeness (QED) is 0.922. The number of rotatable bonds is 4. The van der Waals surface area contributed by atoms with E-state index in [-0.39, 0.29) is 11.9 Å². The summed E-state index contributed by atoms with van der Waals surface area (Å²) in [6.45, 7) is 1.90. The van der Waals surface area contributed by atoms with Crippen LogP contribution in [0.25, 0.3) is 0 Å². The Balaban J connectivity index is 2.19. The smallest absolute Gasteiger partial charge is 0.128 e. The van der Waals surface area contributed by atoms with Crippen LogP contribution in [0.3, 0.4) is 0 Å². The van der Waals surface area contributed by atoms with Gasteiger partial charge in [0.1, 0.15) is 5.82 Å². The summed E-state index contributed by atoms with van der Waals surface area (Å²) in [6.07, 6.45) is 1.64. The van der Waals surface area contributed by atoms with Crippen molar-refractivity contribution in [2.45, 2.75) is 17.9 Å². The van der Waals surface area contributed by atoms with E-state index in [0.29, 0.717) is 5.56 Å². The van der Waals surface area contributed by atoms with Crippen LogP contribution in [0.2, 0.25) is 0 Å². The molecule has 2 aromatic rings. The van der Waals surface area contributed by atoms with Crippen molar-refractivity contribution < 1.29 is 8.60 Å². The molecule has 0 aliphatic rings. The largest absolute Gasteiger partial charge is 0.378 e. The minimum Gasteiger partial charge on any atom is -0.378 e. The van der Waals surface area contributed by atoms with Gasteiger partial charge in [-0.15, -0.1) is 0 Å². The third-order valence-electron chi connectivity index (χ3n) is 2.92. The van der Waals surface area contributed by atoms with Gasteiger partial charge in [0.25, 0.3) is 0 Å². The standard InChI is InChI=1S/C15H16FNOS/c1-11(14-8-3-4-9-15(14)16)17-12-6-5-7-13(10-12)19(2)18/h3-11,17H,1-2H3. The number of benzene rings is 2. The van der Waals surface area contributed by atoms with Crippen molar-refractivity contribution in [2.24, 2.45) is 0 Å². The van der Waals surface area contributed by atoms with Gasteiger partial charge in [-0.25, -0.2) is 4.39 Å². The highest BCUT2D eigenvalue weighted by atomic mass is 32.2. The van der Waals surface area contributed by atoms with Gasteiger partial charge in [-0.05, 0) is 31.2 Å². The number of anilines is 1. The van der Waals surface area contributed by atoms with E-state index in [1.807, 2.05) is 37.3 Å². The maximum Gasteiger partial charge on any atom is 0.128 e. The molecule has 2 unspecified atom stereocenters. The molecule has 2 aromatic carbocycles. The molecule has 0 aliphatic carbocycles. The predicted octanol–water partition coefficient (Wildman–Crippen LogP) is 3.74. The minimum absolute atomic E-state index is 0.151. The third-order valence-corrected chi connectivity index (χ3v) is 3.84. The van der Waals surface area contributed by atoms with Crippen LogP contribution in [-0.4, -0.2) is 10.5 Å². The van der Waals surface area contributed by atoms with Gasteiger partial charge in [0.2, 0.25) is 0 Å². The molecule has 0 aliphatic heterocycles.